The molecule has 6 heteroatoms. The summed E-state index contributed by atoms with van der Waals surface area (Å²) in [6.45, 7) is 2.15. The number of anilines is 1. The Morgan fingerprint density at radius 3 is 2.88 bits per heavy atom. The number of benzene rings is 2. The molecule has 5 nitrogen and oxygen atoms in total. The molecule has 2 aromatic carbocycles. The van der Waals surface area contributed by atoms with Crippen LogP contribution in [0.15, 0.2) is 53.4 Å². The fourth-order valence-corrected chi connectivity index (χ4v) is 4.20. The third kappa shape index (κ3) is 3.90. The third-order valence-corrected chi connectivity index (χ3v) is 5.61. The van der Waals surface area contributed by atoms with Crippen LogP contribution in [0.4, 0.5) is 5.69 Å². The van der Waals surface area contributed by atoms with Gasteiger partial charge in [-0.3, -0.25) is 4.79 Å². The zero-order chi connectivity index (χ0) is 17.8. The zero-order valence-corrected chi connectivity index (χ0v) is 15.3. The number of hydrogen-bond donors (Lipinski definition) is 1. The van der Waals surface area contributed by atoms with Crippen molar-refractivity contribution in [1.29, 1.82) is 0 Å². The van der Waals surface area contributed by atoms with Gasteiger partial charge in [-0.15, -0.1) is 11.8 Å². The van der Waals surface area contributed by atoms with Crippen molar-refractivity contribution in [3.05, 3.63) is 48.5 Å². The van der Waals surface area contributed by atoms with Crippen LogP contribution in [0.2, 0.25) is 0 Å². The Morgan fingerprint density at radius 2 is 1.96 bits per heavy atom. The van der Waals surface area contributed by atoms with Crippen LogP contribution in [0.1, 0.15) is 6.42 Å². The van der Waals surface area contributed by atoms with E-state index in [1.165, 1.54) is 4.90 Å². The fraction of sp³-hybridized carbons (Fsp3) is 0.350. The highest BCUT2D eigenvalue weighted by molar-refractivity contribution is 7.99. The first kappa shape index (κ1) is 17.1. The number of amides is 1. The number of rotatable bonds is 4. The zero-order valence-electron chi connectivity index (χ0n) is 14.5. The molecular formula is C20H22N2O3S. The van der Waals surface area contributed by atoms with E-state index in [4.69, 9.17) is 9.47 Å². The molecular weight excluding hydrogens is 348 g/mol. The quantitative estimate of drug-likeness (QED) is 0.897. The number of fused-ring (bicyclic) bond motifs is 2. The normalized spacial score (nSPS) is 18.6. The second kappa shape index (κ2) is 7.91. The van der Waals surface area contributed by atoms with Crippen molar-refractivity contribution >= 4 is 23.4 Å². The fourth-order valence-electron chi connectivity index (χ4n) is 3.18. The Hall–Kier alpha value is -2.34. The Balaban J connectivity index is 1.32. The first-order chi connectivity index (χ1) is 12.8. The number of nitrogens with zero attached hydrogens (tertiary/aromatic N) is 1. The summed E-state index contributed by atoms with van der Waals surface area (Å²) in [5.41, 5.74) is 1.15. The number of hydrogen-bond acceptors (Lipinski definition) is 5. The lowest BCUT2D eigenvalue weighted by Gasteiger charge is -2.27. The molecule has 2 heterocycles. The number of carbonyl (C=O) groups is 1. The molecule has 136 valence electrons. The summed E-state index contributed by atoms with van der Waals surface area (Å²) in [5.74, 6) is 2.58. The van der Waals surface area contributed by atoms with Gasteiger partial charge in [-0.25, -0.2) is 0 Å². The summed E-state index contributed by atoms with van der Waals surface area (Å²) < 4.78 is 11.6. The number of para-hydroxylation sites is 3. The van der Waals surface area contributed by atoms with Crippen molar-refractivity contribution in [2.75, 3.05) is 36.9 Å². The molecule has 2 aromatic rings. The van der Waals surface area contributed by atoms with Gasteiger partial charge in [0.1, 0.15) is 12.7 Å². The Kier molecular flexibility index (Phi) is 5.20. The summed E-state index contributed by atoms with van der Waals surface area (Å²) in [7, 11) is 0. The van der Waals surface area contributed by atoms with Crippen LogP contribution < -0.4 is 19.7 Å². The monoisotopic (exact) mass is 370 g/mol. The average Bonchev–Trinajstić information content (AvgIpc) is 2.89. The molecule has 2 aliphatic heterocycles. The van der Waals surface area contributed by atoms with Crippen LogP contribution >= 0.6 is 11.8 Å². The smallest absolute Gasteiger partial charge is 0.239 e. The molecule has 0 fully saturated rings. The average molecular weight is 370 g/mol. The minimum atomic E-state index is -0.166. The molecule has 1 amide bonds. The Bertz CT molecular complexity index is 783. The first-order valence-corrected chi connectivity index (χ1v) is 9.90. The van der Waals surface area contributed by atoms with Gasteiger partial charge in [0, 0.05) is 11.4 Å². The third-order valence-electron chi connectivity index (χ3n) is 4.46. The van der Waals surface area contributed by atoms with E-state index in [0.29, 0.717) is 19.7 Å². The summed E-state index contributed by atoms with van der Waals surface area (Å²) >= 11 is 1.86. The number of nitrogens with one attached hydrogen (secondary N) is 1. The van der Waals surface area contributed by atoms with Crippen LogP contribution in [0, 0.1) is 0 Å². The highest BCUT2D eigenvalue weighted by Crippen LogP contribution is 2.33. The molecule has 26 heavy (non-hydrogen) atoms. The summed E-state index contributed by atoms with van der Waals surface area (Å²) in [4.78, 5) is 15.9. The summed E-state index contributed by atoms with van der Waals surface area (Å²) in [6, 6.07) is 15.9. The molecule has 4 rings (SSSR count). The van der Waals surface area contributed by atoms with Crippen LogP contribution in [0.3, 0.4) is 0 Å². The minimum absolute atomic E-state index is 0.00848. The molecule has 0 spiro atoms. The van der Waals surface area contributed by atoms with E-state index in [1.807, 2.05) is 48.2 Å². The van der Waals surface area contributed by atoms with E-state index in [-0.39, 0.29) is 12.0 Å². The van der Waals surface area contributed by atoms with Crippen molar-refractivity contribution in [3.8, 4) is 11.5 Å². The predicted molar refractivity (Wildman–Crippen MR) is 103 cm³/mol. The number of ether oxygens (including phenoxy) is 2. The lowest BCUT2D eigenvalue weighted by atomic mass is 10.2. The standard InChI is InChI=1S/C20H22N2O3S/c23-20(13-22-10-5-11-26-19-9-4-1-6-16(19)22)21-12-15-14-24-17-7-2-3-8-18(17)25-15/h1-4,6-9,15H,5,10-14H2,(H,21,23)/t15-/m0/s1. The lowest BCUT2D eigenvalue weighted by molar-refractivity contribution is -0.120. The van der Waals surface area contributed by atoms with E-state index in [0.717, 1.165) is 35.9 Å². The largest absolute Gasteiger partial charge is 0.486 e. The second-order valence-electron chi connectivity index (χ2n) is 6.39. The van der Waals surface area contributed by atoms with Gasteiger partial charge in [-0.05, 0) is 36.4 Å². The molecule has 0 saturated carbocycles. The molecule has 0 bridgehead atoms. The topological polar surface area (TPSA) is 50.8 Å². The molecule has 0 saturated heterocycles. The van der Waals surface area contributed by atoms with E-state index in [1.54, 1.807) is 0 Å². The van der Waals surface area contributed by atoms with Gasteiger partial charge in [0.15, 0.2) is 11.5 Å². The second-order valence-corrected chi connectivity index (χ2v) is 7.53. The van der Waals surface area contributed by atoms with Gasteiger partial charge in [0.05, 0.1) is 18.8 Å². The molecule has 1 N–H and O–H groups in total. The van der Waals surface area contributed by atoms with Gasteiger partial charge < -0.3 is 19.7 Å². The van der Waals surface area contributed by atoms with Crippen molar-refractivity contribution in [2.45, 2.75) is 17.4 Å². The molecule has 0 aliphatic carbocycles. The van der Waals surface area contributed by atoms with Gasteiger partial charge in [-0.1, -0.05) is 24.3 Å². The van der Waals surface area contributed by atoms with Gasteiger partial charge in [-0.2, -0.15) is 0 Å². The van der Waals surface area contributed by atoms with Crippen LogP contribution in [0.25, 0.3) is 0 Å². The van der Waals surface area contributed by atoms with E-state index >= 15 is 0 Å². The molecule has 0 radical (unpaired) electrons. The van der Waals surface area contributed by atoms with Crippen molar-refractivity contribution in [2.24, 2.45) is 0 Å². The lowest BCUT2D eigenvalue weighted by Crippen LogP contribution is -2.44. The highest BCUT2D eigenvalue weighted by Gasteiger charge is 2.22. The molecule has 0 aromatic heterocycles. The maximum atomic E-state index is 12.5. The van der Waals surface area contributed by atoms with Crippen LogP contribution in [-0.2, 0) is 4.79 Å². The predicted octanol–water partition coefficient (Wildman–Crippen LogP) is 2.95. The van der Waals surface area contributed by atoms with Crippen molar-refractivity contribution in [3.63, 3.8) is 0 Å². The van der Waals surface area contributed by atoms with E-state index < -0.39 is 0 Å². The van der Waals surface area contributed by atoms with Gasteiger partial charge in [0.2, 0.25) is 5.91 Å². The summed E-state index contributed by atoms with van der Waals surface area (Å²) in [6.07, 6.45) is 0.907. The van der Waals surface area contributed by atoms with Crippen LogP contribution in [0.5, 0.6) is 11.5 Å². The van der Waals surface area contributed by atoms with E-state index in [2.05, 4.69) is 22.3 Å². The maximum Gasteiger partial charge on any atom is 0.239 e. The molecule has 1 atom stereocenters. The molecule has 0 unspecified atom stereocenters. The Morgan fingerprint density at radius 1 is 1.15 bits per heavy atom. The van der Waals surface area contributed by atoms with Gasteiger partial charge >= 0.3 is 0 Å². The Labute approximate surface area is 157 Å². The maximum absolute atomic E-state index is 12.5. The number of thioether (sulfide) groups is 1. The molecule has 2 aliphatic rings. The van der Waals surface area contributed by atoms with Crippen LogP contribution in [-0.4, -0.2) is 44.0 Å². The SMILES string of the molecule is O=C(CN1CCCSc2ccccc21)NC[C@H]1COc2ccccc2O1. The summed E-state index contributed by atoms with van der Waals surface area (Å²) in [5, 5.41) is 2.99. The van der Waals surface area contributed by atoms with Crippen molar-refractivity contribution < 1.29 is 14.3 Å². The first-order valence-electron chi connectivity index (χ1n) is 8.91. The highest BCUT2D eigenvalue weighted by atomic mass is 32.2. The van der Waals surface area contributed by atoms with Gasteiger partial charge in [0.25, 0.3) is 0 Å². The van der Waals surface area contributed by atoms with Crippen molar-refractivity contribution in [1.82, 2.24) is 5.32 Å². The minimum Gasteiger partial charge on any atom is -0.486 e. The number of carbonyl (C=O) groups excluding carboxylic acids is 1. The van der Waals surface area contributed by atoms with E-state index in [9.17, 15) is 4.79 Å².